The summed E-state index contributed by atoms with van der Waals surface area (Å²) in [5, 5.41) is 0.868. The number of benzene rings is 1. The van der Waals surface area contributed by atoms with Gasteiger partial charge in [-0.15, -0.1) is 0 Å². The predicted octanol–water partition coefficient (Wildman–Crippen LogP) is 5.95. The van der Waals surface area contributed by atoms with Gasteiger partial charge in [0.15, 0.2) is 10.1 Å². The smallest absolute Gasteiger partial charge is 0.483 e. The molecule has 0 aromatic heterocycles. The summed E-state index contributed by atoms with van der Waals surface area (Å²) in [6.45, 7) is 15.9. The van der Waals surface area contributed by atoms with Crippen LogP contribution in [0.3, 0.4) is 0 Å². The molecule has 1 rings (SSSR count). The molecule has 0 aliphatic rings. The van der Waals surface area contributed by atoms with Crippen molar-refractivity contribution in [3.05, 3.63) is 35.4 Å². The summed E-state index contributed by atoms with van der Waals surface area (Å²) in [7, 11) is -5.35. The largest absolute Gasteiger partial charge is 0.501 e. The van der Waals surface area contributed by atoms with Crippen molar-refractivity contribution >= 4 is 52.1 Å². The minimum atomic E-state index is -2.67. The number of rotatable bonds is 22. The van der Waals surface area contributed by atoms with Crippen molar-refractivity contribution < 1.29 is 36.0 Å². The SMILES string of the molecule is CCO[Si](CCCOC(=S)c1ccc(C(=S)OCCC[Si](OCC)(OCC)OCC)cc1)(OCC)OCC. The van der Waals surface area contributed by atoms with Crippen LogP contribution in [0.1, 0.15) is 65.5 Å². The molecular formula is C26H46O8S2Si2. The molecule has 0 spiro atoms. The van der Waals surface area contributed by atoms with Crippen LogP contribution in [0.2, 0.25) is 12.1 Å². The minimum Gasteiger partial charge on any atom is -0.483 e. The van der Waals surface area contributed by atoms with E-state index in [2.05, 4.69) is 0 Å². The molecule has 0 heterocycles. The summed E-state index contributed by atoms with van der Waals surface area (Å²) in [4.78, 5) is 0. The highest BCUT2D eigenvalue weighted by atomic mass is 32.1. The van der Waals surface area contributed by atoms with Gasteiger partial charge in [-0.25, -0.2) is 0 Å². The lowest BCUT2D eigenvalue weighted by atomic mass is 10.1. The van der Waals surface area contributed by atoms with Gasteiger partial charge >= 0.3 is 17.6 Å². The van der Waals surface area contributed by atoms with Crippen LogP contribution in [-0.4, -0.2) is 80.6 Å². The molecule has 1 aromatic carbocycles. The Morgan fingerprint density at radius 1 is 0.526 bits per heavy atom. The van der Waals surface area contributed by atoms with E-state index in [4.69, 9.17) is 60.5 Å². The summed E-state index contributed by atoms with van der Waals surface area (Å²) in [5.41, 5.74) is 1.63. The van der Waals surface area contributed by atoms with Crippen molar-refractivity contribution in [2.24, 2.45) is 0 Å². The zero-order valence-corrected chi connectivity index (χ0v) is 27.5. The summed E-state index contributed by atoms with van der Waals surface area (Å²) < 4.78 is 47.0. The Hall–Kier alpha value is -0.806. The first-order chi connectivity index (χ1) is 18.3. The zero-order chi connectivity index (χ0) is 28.3. The first-order valence-corrected chi connectivity index (χ1v) is 18.3. The van der Waals surface area contributed by atoms with Gasteiger partial charge in [0.05, 0.1) is 13.2 Å². The third-order valence-electron chi connectivity index (χ3n) is 5.26. The van der Waals surface area contributed by atoms with E-state index < -0.39 is 17.6 Å². The fraction of sp³-hybridized carbons (Fsp3) is 0.692. The molecule has 12 heteroatoms. The Kier molecular flexibility index (Phi) is 18.7. The fourth-order valence-corrected chi connectivity index (χ4v) is 9.42. The Bertz CT molecular complexity index is 699. The van der Waals surface area contributed by atoms with Gasteiger partial charge in [0.2, 0.25) is 0 Å². The highest BCUT2D eigenvalue weighted by molar-refractivity contribution is 7.80. The molecule has 8 nitrogen and oxygen atoms in total. The molecule has 0 unspecified atom stereocenters. The van der Waals surface area contributed by atoms with Gasteiger partial charge in [0.25, 0.3) is 0 Å². The topological polar surface area (TPSA) is 73.8 Å². The van der Waals surface area contributed by atoms with Gasteiger partial charge < -0.3 is 36.0 Å². The molecule has 0 radical (unpaired) electrons. The van der Waals surface area contributed by atoms with E-state index in [1.54, 1.807) is 0 Å². The van der Waals surface area contributed by atoms with E-state index in [0.717, 1.165) is 24.0 Å². The Balaban J connectivity index is 2.53. The van der Waals surface area contributed by atoms with E-state index in [1.807, 2.05) is 65.8 Å². The average molecular weight is 607 g/mol. The number of hydrogen-bond donors (Lipinski definition) is 0. The third kappa shape index (κ3) is 12.6. The van der Waals surface area contributed by atoms with Crippen LogP contribution in [0.25, 0.3) is 0 Å². The van der Waals surface area contributed by atoms with Crippen molar-refractivity contribution in [1.29, 1.82) is 0 Å². The quantitative estimate of drug-likeness (QED) is 0.0898. The zero-order valence-electron chi connectivity index (χ0n) is 23.9. The first-order valence-electron chi connectivity index (χ1n) is 13.6. The van der Waals surface area contributed by atoms with Crippen LogP contribution in [0, 0.1) is 0 Å². The molecule has 218 valence electrons. The number of hydrogen-bond acceptors (Lipinski definition) is 10. The highest BCUT2D eigenvalue weighted by Crippen LogP contribution is 2.20. The predicted molar refractivity (Wildman–Crippen MR) is 162 cm³/mol. The Labute approximate surface area is 242 Å². The van der Waals surface area contributed by atoms with Gasteiger partial charge in [-0.3, -0.25) is 0 Å². The monoisotopic (exact) mass is 606 g/mol. The van der Waals surface area contributed by atoms with Crippen LogP contribution >= 0.6 is 24.4 Å². The molecule has 0 bridgehead atoms. The van der Waals surface area contributed by atoms with Crippen molar-refractivity contribution in [1.82, 2.24) is 0 Å². The van der Waals surface area contributed by atoms with Crippen LogP contribution in [-0.2, 0) is 36.0 Å². The summed E-state index contributed by atoms with van der Waals surface area (Å²) in [6.07, 6.45) is 1.45. The number of thiocarbonyl (C=S) groups is 2. The normalized spacial score (nSPS) is 11.9. The first kappa shape index (κ1) is 35.2. The second-order valence-electron chi connectivity index (χ2n) is 8.02. The van der Waals surface area contributed by atoms with Gasteiger partial charge in [0.1, 0.15) is 0 Å². The van der Waals surface area contributed by atoms with E-state index in [9.17, 15) is 0 Å². The van der Waals surface area contributed by atoms with Crippen LogP contribution in [0.5, 0.6) is 0 Å². The van der Waals surface area contributed by atoms with Crippen LogP contribution in [0.4, 0.5) is 0 Å². The van der Waals surface area contributed by atoms with E-state index in [1.165, 1.54) is 0 Å². The summed E-state index contributed by atoms with van der Waals surface area (Å²) in [5.74, 6) is 0. The maximum absolute atomic E-state index is 5.89. The van der Waals surface area contributed by atoms with Crippen molar-refractivity contribution in [3.63, 3.8) is 0 Å². The van der Waals surface area contributed by atoms with Gasteiger partial charge in [-0.1, -0.05) is 0 Å². The molecule has 0 fully saturated rings. The van der Waals surface area contributed by atoms with E-state index in [-0.39, 0.29) is 0 Å². The van der Waals surface area contributed by atoms with E-state index >= 15 is 0 Å². The highest BCUT2D eigenvalue weighted by Gasteiger charge is 2.40. The second kappa shape index (κ2) is 20.1. The molecular weight excluding hydrogens is 561 g/mol. The van der Waals surface area contributed by atoms with Crippen molar-refractivity contribution in [3.8, 4) is 0 Å². The number of ether oxygens (including phenoxy) is 2. The van der Waals surface area contributed by atoms with Crippen molar-refractivity contribution in [2.45, 2.75) is 66.5 Å². The van der Waals surface area contributed by atoms with Crippen molar-refractivity contribution in [2.75, 3.05) is 52.9 Å². The van der Waals surface area contributed by atoms with E-state index in [0.29, 0.717) is 75.0 Å². The fourth-order valence-electron chi connectivity index (χ4n) is 3.82. The Morgan fingerprint density at radius 2 is 0.789 bits per heavy atom. The summed E-state index contributed by atoms with van der Waals surface area (Å²) in [6, 6.07) is 8.93. The summed E-state index contributed by atoms with van der Waals surface area (Å²) >= 11 is 10.9. The molecule has 0 amide bonds. The lowest BCUT2D eigenvalue weighted by Gasteiger charge is -2.28. The molecule has 0 atom stereocenters. The van der Waals surface area contributed by atoms with Gasteiger partial charge in [-0.2, -0.15) is 0 Å². The lowest BCUT2D eigenvalue weighted by molar-refractivity contribution is 0.0688. The maximum Gasteiger partial charge on any atom is 0.501 e. The van der Waals surface area contributed by atoms with Crippen LogP contribution < -0.4 is 0 Å². The molecule has 0 N–H and O–H groups in total. The average Bonchev–Trinajstić information content (AvgIpc) is 2.90. The van der Waals surface area contributed by atoms with Crippen LogP contribution in [0.15, 0.2) is 24.3 Å². The molecule has 38 heavy (non-hydrogen) atoms. The standard InChI is InChI=1S/C26H46O8S2Si2/c1-7-29-37(30-8-2,31-9-3)21-13-19-27-25(35)23-15-17-24(18-16-23)26(36)28-20-14-22-38(32-10-4,33-11-5)34-12-6/h15-18H,7-14,19-22H2,1-6H3. The third-order valence-corrected chi connectivity index (χ3v) is 12.3. The molecule has 0 saturated carbocycles. The second-order valence-corrected chi connectivity index (χ2v) is 14.2. The molecule has 0 saturated heterocycles. The van der Waals surface area contributed by atoms with Gasteiger partial charge in [-0.05, 0) is 103 Å². The molecule has 0 aliphatic heterocycles. The molecule has 1 aromatic rings. The lowest BCUT2D eigenvalue weighted by Crippen LogP contribution is -2.46. The minimum absolute atomic E-state index is 0.434. The molecule has 0 aliphatic carbocycles. The Morgan fingerprint density at radius 3 is 1.03 bits per heavy atom. The maximum atomic E-state index is 5.89. The van der Waals surface area contributed by atoms with Gasteiger partial charge in [0, 0.05) is 62.9 Å².